The molecule has 0 spiro atoms. The first-order chi connectivity index (χ1) is 7.49. The van der Waals surface area contributed by atoms with Gasteiger partial charge in [0, 0.05) is 6.42 Å². The van der Waals surface area contributed by atoms with Crippen LogP contribution in [-0.4, -0.2) is 27.3 Å². The average Bonchev–Trinajstić information content (AvgIpc) is 2.60. The van der Waals surface area contributed by atoms with Crippen LogP contribution >= 0.6 is 0 Å². The van der Waals surface area contributed by atoms with E-state index in [1.165, 1.54) is 6.92 Å². The molecule has 1 aromatic heterocycles. The van der Waals surface area contributed by atoms with Gasteiger partial charge in [-0.3, -0.25) is 0 Å². The molecule has 0 bridgehead atoms. The van der Waals surface area contributed by atoms with Crippen molar-refractivity contribution in [3.05, 3.63) is 11.7 Å². The predicted octanol–water partition coefficient (Wildman–Crippen LogP) is 1.26. The maximum Gasteiger partial charge on any atom is 0.332 e. The third-order valence-electron chi connectivity index (χ3n) is 1.91. The summed E-state index contributed by atoms with van der Waals surface area (Å²) in [4.78, 5) is 14.6. The van der Waals surface area contributed by atoms with Crippen LogP contribution in [0.4, 0.5) is 0 Å². The molecule has 6 nitrogen and oxygen atoms in total. The molecule has 0 aliphatic rings. The summed E-state index contributed by atoms with van der Waals surface area (Å²) in [5.41, 5.74) is 0. The molecule has 0 aliphatic heterocycles. The van der Waals surface area contributed by atoms with Crippen LogP contribution < -0.4 is 0 Å². The second kappa shape index (κ2) is 5.60. The molecule has 0 aromatic carbocycles. The molecule has 0 saturated heterocycles. The molecule has 0 unspecified atom stereocenters. The standard InChI is InChI=1S/C10H16N2O4/c1-6(2)4-8-11-9(16-12-8)5-15-7(3)10(13)14/h6-7H,4-5H2,1-3H3,(H,13,14)/t7-/m1/s1. The lowest BCUT2D eigenvalue weighted by molar-refractivity contribution is -0.150. The van der Waals surface area contributed by atoms with Crippen LogP contribution in [0.2, 0.25) is 0 Å². The number of aliphatic carboxylic acids is 1. The summed E-state index contributed by atoms with van der Waals surface area (Å²) in [5, 5.41) is 12.4. The van der Waals surface area contributed by atoms with Crippen molar-refractivity contribution in [2.75, 3.05) is 0 Å². The molecule has 0 aliphatic carbocycles. The first-order valence-electron chi connectivity index (χ1n) is 5.15. The van der Waals surface area contributed by atoms with Gasteiger partial charge in [-0.05, 0) is 12.8 Å². The van der Waals surface area contributed by atoms with E-state index in [2.05, 4.69) is 24.0 Å². The van der Waals surface area contributed by atoms with Gasteiger partial charge in [0.25, 0.3) is 5.89 Å². The molecule has 6 heteroatoms. The maximum atomic E-state index is 10.5. The topological polar surface area (TPSA) is 85.5 Å². The van der Waals surface area contributed by atoms with Crippen molar-refractivity contribution in [2.45, 2.75) is 39.9 Å². The van der Waals surface area contributed by atoms with Crippen LogP contribution in [0.25, 0.3) is 0 Å². The van der Waals surface area contributed by atoms with E-state index < -0.39 is 12.1 Å². The Morgan fingerprint density at radius 1 is 1.50 bits per heavy atom. The molecule has 1 aromatic rings. The lowest BCUT2D eigenvalue weighted by atomic mass is 10.1. The van der Waals surface area contributed by atoms with Crippen LogP contribution in [0.15, 0.2) is 4.52 Å². The summed E-state index contributed by atoms with van der Waals surface area (Å²) in [5.74, 6) is 0.367. The summed E-state index contributed by atoms with van der Waals surface area (Å²) >= 11 is 0. The Morgan fingerprint density at radius 3 is 2.75 bits per heavy atom. The maximum absolute atomic E-state index is 10.5. The van der Waals surface area contributed by atoms with Crippen LogP contribution in [0.5, 0.6) is 0 Å². The van der Waals surface area contributed by atoms with Crippen molar-refractivity contribution in [3.63, 3.8) is 0 Å². The molecule has 0 radical (unpaired) electrons. The lowest BCUT2D eigenvalue weighted by Gasteiger charge is -2.04. The van der Waals surface area contributed by atoms with Crippen molar-refractivity contribution in [1.82, 2.24) is 10.1 Å². The zero-order valence-corrected chi connectivity index (χ0v) is 9.64. The molecule has 0 saturated carbocycles. The van der Waals surface area contributed by atoms with E-state index in [1.807, 2.05) is 0 Å². The quantitative estimate of drug-likeness (QED) is 0.788. The van der Waals surface area contributed by atoms with E-state index in [1.54, 1.807) is 0 Å². The second-order valence-electron chi connectivity index (χ2n) is 3.99. The first kappa shape index (κ1) is 12.6. The molecule has 1 N–H and O–H groups in total. The van der Waals surface area contributed by atoms with Crippen LogP contribution in [0, 0.1) is 5.92 Å². The highest BCUT2D eigenvalue weighted by Crippen LogP contribution is 2.06. The smallest absolute Gasteiger partial charge is 0.332 e. The average molecular weight is 228 g/mol. The number of hydrogen-bond donors (Lipinski definition) is 1. The molecule has 0 fully saturated rings. The number of carboxylic acids is 1. The van der Waals surface area contributed by atoms with Gasteiger partial charge in [0.1, 0.15) is 6.61 Å². The minimum atomic E-state index is -1.01. The molecule has 0 amide bonds. The molecular formula is C10H16N2O4. The SMILES string of the molecule is CC(C)Cc1noc(CO[C@H](C)C(=O)O)n1. The largest absolute Gasteiger partial charge is 0.479 e. The van der Waals surface area contributed by atoms with Crippen LogP contribution in [-0.2, 0) is 22.6 Å². The Labute approximate surface area is 93.6 Å². The van der Waals surface area contributed by atoms with Gasteiger partial charge in [-0.15, -0.1) is 0 Å². The van der Waals surface area contributed by atoms with Crippen LogP contribution in [0.3, 0.4) is 0 Å². The van der Waals surface area contributed by atoms with Gasteiger partial charge in [-0.1, -0.05) is 19.0 Å². The lowest BCUT2D eigenvalue weighted by Crippen LogP contribution is -2.19. The summed E-state index contributed by atoms with van der Waals surface area (Å²) in [6.07, 6.45) is -0.140. The molecule has 16 heavy (non-hydrogen) atoms. The number of carbonyl (C=O) groups is 1. The fourth-order valence-electron chi connectivity index (χ4n) is 1.06. The first-order valence-corrected chi connectivity index (χ1v) is 5.15. The Kier molecular flexibility index (Phi) is 4.42. The van der Waals surface area contributed by atoms with Gasteiger partial charge in [-0.25, -0.2) is 4.79 Å². The third-order valence-corrected chi connectivity index (χ3v) is 1.91. The zero-order valence-electron chi connectivity index (χ0n) is 9.64. The Hall–Kier alpha value is -1.43. The minimum Gasteiger partial charge on any atom is -0.479 e. The second-order valence-corrected chi connectivity index (χ2v) is 3.99. The van der Waals surface area contributed by atoms with Gasteiger partial charge in [0.15, 0.2) is 11.9 Å². The zero-order chi connectivity index (χ0) is 12.1. The number of ether oxygens (including phenoxy) is 1. The Bertz CT molecular complexity index is 348. The van der Waals surface area contributed by atoms with Crippen molar-refractivity contribution in [3.8, 4) is 0 Å². The third kappa shape index (κ3) is 3.98. The van der Waals surface area contributed by atoms with Crippen molar-refractivity contribution in [2.24, 2.45) is 5.92 Å². The molecular weight excluding hydrogens is 212 g/mol. The highest BCUT2D eigenvalue weighted by molar-refractivity contribution is 5.71. The number of hydrogen-bond acceptors (Lipinski definition) is 5. The van der Waals surface area contributed by atoms with Gasteiger partial charge in [0.2, 0.25) is 0 Å². The summed E-state index contributed by atoms with van der Waals surface area (Å²) in [6, 6.07) is 0. The molecule has 90 valence electrons. The summed E-state index contributed by atoms with van der Waals surface area (Å²) < 4.78 is 9.93. The van der Waals surface area contributed by atoms with Gasteiger partial charge in [0.05, 0.1) is 0 Å². The van der Waals surface area contributed by atoms with Crippen molar-refractivity contribution < 1.29 is 19.2 Å². The van der Waals surface area contributed by atoms with E-state index in [0.29, 0.717) is 17.6 Å². The fourth-order valence-corrected chi connectivity index (χ4v) is 1.06. The highest BCUT2D eigenvalue weighted by Gasteiger charge is 2.14. The van der Waals surface area contributed by atoms with Gasteiger partial charge < -0.3 is 14.4 Å². The van der Waals surface area contributed by atoms with E-state index in [0.717, 1.165) is 6.42 Å². The van der Waals surface area contributed by atoms with Gasteiger partial charge in [-0.2, -0.15) is 4.98 Å². The fraction of sp³-hybridized carbons (Fsp3) is 0.700. The summed E-state index contributed by atoms with van der Waals surface area (Å²) in [6.45, 7) is 5.59. The monoisotopic (exact) mass is 228 g/mol. The Morgan fingerprint density at radius 2 is 2.19 bits per heavy atom. The van der Waals surface area contributed by atoms with Crippen molar-refractivity contribution >= 4 is 5.97 Å². The minimum absolute atomic E-state index is 0.0264. The van der Waals surface area contributed by atoms with Gasteiger partial charge >= 0.3 is 5.97 Å². The Balaban J connectivity index is 2.43. The molecule has 1 atom stereocenters. The molecule has 1 heterocycles. The van der Waals surface area contributed by atoms with Crippen LogP contribution in [0.1, 0.15) is 32.5 Å². The van der Waals surface area contributed by atoms with E-state index >= 15 is 0 Å². The predicted molar refractivity (Wildman–Crippen MR) is 54.7 cm³/mol. The molecule has 1 rings (SSSR count). The number of carboxylic acid groups (broad SMARTS) is 1. The summed E-state index contributed by atoms with van der Waals surface area (Å²) in [7, 11) is 0. The van der Waals surface area contributed by atoms with E-state index in [4.69, 9.17) is 14.4 Å². The number of rotatable bonds is 6. The highest BCUT2D eigenvalue weighted by atomic mass is 16.5. The van der Waals surface area contributed by atoms with Crippen molar-refractivity contribution in [1.29, 1.82) is 0 Å². The van der Waals surface area contributed by atoms with E-state index in [-0.39, 0.29) is 6.61 Å². The van der Waals surface area contributed by atoms with E-state index in [9.17, 15) is 4.79 Å². The number of aromatic nitrogens is 2. The normalized spacial score (nSPS) is 13.0. The number of nitrogens with zero attached hydrogens (tertiary/aromatic N) is 2.